The van der Waals surface area contributed by atoms with Crippen LogP contribution in [0.25, 0.3) is 0 Å². The lowest BCUT2D eigenvalue weighted by Gasteiger charge is -2.35. The predicted molar refractivity (Wildman–Crippen MR) is 124 cm³/mol. The van der Waals surface area contributed by atoms with Crippen LogP contribution in [0.4, 0.5) is 0 Å². The molecule has 0 bridgehead atoms. The minimum Gasteiger partial charge on any atom is -0.369 e. The Morgan fingerprint density at radius 1 is 1.16 bits per heavy atom. The maximum Gasteiger partial charge on any atom is 0.222 e. The molecule has 3 N–H and O–H groups in total. The first kappa shape index (κ1) is 22.9. The molecule has 4 rings (SSSR count). The summed E-state index contributed by atoms with van der Waals surface area (Å²) in [4.78, 5) is 27.4. The fourth-order valence-corrected chi connectivity index (χ4v) is 5.51. The van der Waals surface area contributed by atoms with Gasteiger partial charge in [0.05, 0.1) is 11.4 Å². The Balaban J connectivity index is 1.28. The SMILES string of the molecule is NC(=O)C1CCN(C(=O)C[C@@H]2CCNC[C@H]2Cc2cc(CSc3ccccc3)on2)CC1. The highest BCUT2D eigenvalue weighted by Crippen LogP contribution is 2.29. The molecule has 32 heavy (non-hydrogen) atoms. The molecule has 0 radical (unpaired) electrons. The molecule has 2 aliphatic rings. The van der Waals surface area contributed by atoms with Gasteiger partial charge in [0, 0.05) is 36.4 Å². The number of hydrogen-bond donors (Lipinski definition) is 2. The Bertz CT molecular complexity index is 896. The average Bonchev–Trinajstić information content (AvgIpc) is 3.27. The van der Waals surface area contributed by atoms with E-state index in [1.165, 1.54) is 4.90 Å². The number of thioether (sulfide) groups is 1. The average molecular weight is 457 g/mol. The molecule has 172 valence electrons. The van der Waals surface area contributed by atoms with E-state index in [-0.39, 0.29) is 17.7 Å². The highest BCUT2D eigenvalue weighted by Gasteiger charge is 2.31. The maximum absolute atomic E-state index is 12.9. The van der Waals surface area contributed by atoms with E-state index < -0.39 is 0 Å². The monoisotopic (exact) mass is 456 g/mol. The molecule has 2 atom stereocenters. The van der Waals surface area contributed by atoms with E-state index in [1.54, 1.807) is 11.8 Å². The van der Waals surface area contributed by atoms with Crippen molar-refractivity contribution in [3.05, 3.63) is 47.9 Å². The number of carbonyl (C=O) groups is 2. The Morgan fingerprint density at radius 2 is 1.94 bits per heavy atom. The zero-order chi connectivity index (χ0) is 22.3. The lowest BCUT2D eigenvalue weighted by Crippen LogP contribution is -2.44. The molecule has 0 saturated carbocycles. The third-order valence-corrected chi connectivity index (χ3v) is 7.69. The van der Waals surface area contributed by atoms with Crippen molar-refractivity contribution in [2.45, 2.75) is 42.8 Å². The topological polar surface area (TPSA) is 101 Å². The number of hydrogen-bond acceptors (Lipinski definition) is 6. The second-order valence-electron chi connectivity index (χ2n) is 8.86. The van der Waals surface area contributed by atoms with E-state index in [9.17, 15) is 9.59 Å². The van der Waals surface area contributed by atoms with Crippen LogP contribution in [0.15, 0.2) is 45.8 Å². The molecule has 0 aliphatic carbocycles. The first-order valence-corrected chi connectivity index (χ1v) is 12.5. The molecule has 0 spiro atoms. The number of aromatic nitrogens is 1. The Hall–Kier alpha value is -2.32. The minimum absolute atomic E-state index is 0.0907. The summed E-state index contributed by atoms with van der Waals surface area (Å²) in [5.74, 6) is 2.18. The van der Waals surface area contributed by atoms with Gasteiger partial charge in [-0.3, -0.25) is 9.59 Å². The van der Waals surface area contributed by atoms with Crippen molar-refractivity contribution in [2.24, 2.45) is 23.5 Å². The maximum atomic E-state index is 12.9. The molecule has 3 heterocycles. The number of primary amides is 1. The summed E-state index contributed by atoms with van der Waals surface area (Å²) in [5, 5.41) is 7.77. The normalized spacial score (nSPS) is 22.1. The number of amides is 2. The van der Waals surface area contributed by atoms with Crippen molar-refractivity contribution in [3.8, 4) is 0 Å². The summed E-state index contributed by atoms with van der Waals surface area (Å²) >= 11 is 1.73. The lowest BCUT2D eigenvalue weighted by molar-refractivity contribution is -0.136. The van der Waals surface area contributed by atoms with Crippen LogP contribution in [0.3, 0.4) is 0 Å². The first-order chi connectivity index (χ1) is 15.6. The lowest BCUT2D eigenvalue weighted by atomic mass is 9.80. The molecule has 2 aromatic rings. The third-order valence-electron chi connectivity index (χ3n) is 6.66. The molecule has 0 unspecified atom stereocenters. The van der Waals surface area contributed by atoms with E-state index in [1.807, 2.05) is 23.1 Å². The summed E-state index contributed by atoms with van der Waals surface area (Å²) < 4.78 is 5.56. The van der Waals surface area contributed by atoms with Crippen LogP contribution < -0.4 is 11.1 Å². The standard InChI is InChI=1S/C24H32N4O3S/c25-24(30)17-7-10-28(11-8-17)23(29)13-18-6-9-26-15-19(18)12-20-14-21(31-27-20)16-32-22-4-2-1-3-5-22/h1-5,14,17-19,26H,6-13,15-16H2,(H2,25,30)/t18-,19+/m0/s1. The molecule has 2 saturated heterocycles. The molecule has 1 aromatic heterocycles. The van der Waals surface area contributed by atoms with Crippen molar-refractivity contribution in [2.75, 3.05) is 26.2 Å². The second-order valence-corrected chi connectivity index (χ2v) is 9.91. The van der Waals surface area contributed by atoms with Gasteiger partial charge in [-0.1, -0.05) is 23.4 Å². The molecule has 2 amide bonds. The van der Waals surface area contributed by atoms with Gasteiger partial charge in [0.2, 0.25) is 11.8 Å². The fourth-order valence-electron chi connectivity index (χ4n) is 4.71. The van der Waals surface area contributed by atoms with Gasteiger partial charge in [0.25, 0.3) is 0 Å². The Labute approximate surface area is 193 Å². The Morgan fingerprint density at radius 3 is 2.69 bits per heavy atom. The van der Waals surface area contributed by atoms with Crippen LogP contribution >= 0.6 is 11.8 Å². The van der Waals surface area contributed by atoms with Gasteiger partial charge >= 0.3 is 0 Å². The van der Waals surface area contributed by atoms with Crippen molar-refractivity contribution < 1.29 is 14.1 Å². The molecule has 2 fully saturated rings. The number of piperidine rings is 2. The summed E-state index contributed by atoms with van der Waals surface area (Å²) in [5.41, 5.74) is 6.38. The highest BCUT2D eigenvalue weighted by atomic mass is 32.2. The van der Waals surface area contributed by atoms with E-state index in [4.69, 9.17) is 10.3 Å². The number of nitrogens with two attached hydrogens (primary N) is 1. The number of nitrogens with one attached hydrogen (secondary N) is 1. The quantitative estimate of drug-likeness (QED) is 0.593. The second kappa shape index (κ2) is 11.0. The van der Waals surface area contributed by atoms with Gasteiger partial charge in [-0.15, -0.1) is 11.8 Å². The predicted octanol–water partition coefficient (Wildman–Crippen LogP) is 2.85. The largest absolute Gasteiger partial charge is 0.369 e. The van der Waals surface area contributed by atoms with Gasteiger partial charge < -0.3 is 20.5 Å². The number of benzene rings is 1. The molecule has 1 aromatic carbocycles. The van der Waals surface area contributed by atoms with Crippen molar-refractivity contribution in [3.63, 3.8) is 0 Å². The van der Waals surface area contributed by atoms with E-state index in [0.717, 1.165) is 43.1 Å². The van der Waals surface area contributed by atoms with E-state index in [0.29, 0.717) is 44.2 Å². The number of carbonyl (C=O) groups excluding carboxylic acids is 2. The van der Waals surface area contributed by atoms with E-state index in [2.05, 4.69) is 28.7 Å². The fraction of sp³-hybridized carbons (Fsp3) is 0.542. The van der Waals surface area contributed by atoms with Crippen LogP contribution in [0.1, 0.15) is 37.1 Å². The van der Waals surface area contributed by atoms with Crippen molar-refractivity contribution in [1.82, 2.24) is 15.4 Å². The van der Waals surface area contributed by atoms with Crippen LogP contribution in [0.5, 0.6) is 0 Å². The van der Waals surface area contributed by atoms with Crippen molar-refractivity contribution >= 4 is 23.6 Å². The number of nitrogens with zero attached hydrogens (tertiary/aromatic N) is 2. The number of rotatable bonds is 8. The molecular weight excluding hydrogens is 424 g/mol. The van der Waals surface area contributed by atoms with Crippen LogP contribution in [0.2, 0.25) is 0 Å². The minimum atomic E-state index is -0.246. The smallest absolute Gasteiger partial charge is 0.222 e. The molecular formula is C24H32N4O3S. The summed E-state index contributed by atoms with van der Waals surface area (Å²) in [6.45, 7) is 3.10. The zero-order valence-corrected chi connectivity index (χ0v) is 19.2. The summed E-state index contributed by atoms with van der Waals surface area (Å²) in [6, 6.07) is 12.3. The van der Waals surface area contributed by atoms with Gasteiger partial charge in [0.1, 0.15) is 5.76 Å². The Kier molecular flexibility index (Phi) is 7.86. The summed E-state index contributed by atoms with van der Waals surface area (Å²) in [7, 11) is 0. The highest BCUT2D eigenvalue weighted by molar-refractivity contribution is 7.98. The van der Waals surface area contributed by atoms with Gasteiger partial charge in [-0.2, -0.15) is 0 Å². The van der Waals surface area contributed by atoms with Gasteiger partial charge in [0.15, 0.2) is 0 Å². The summed E-state index contributed by atoms with van der Waals surface area (Å²) in [6.07, 6.45) is 3.72. The molecule has 7 nitrogen and oxygen atoms in total. The van der Waals surface area contributed by atoms with Crippen LogP contribution in [-0.2, 0) is 21.8 Å². The molecule has 2 aliphatic heterocycles. The zero-order valence-electron chi connectivity index (χ0n) is 18.4. The van der Waals surface area contributed by atoms with E-state index >= 15 is 0 Å². The van der Waals surface area contributed by atoms with Crippen molar-refractivity contribution in [1.29, 1.82) is 0 Å². The van der Waals surface area contributed by atoms with Crippen LogP contribution in [0, 0.1) is 17.8 Å². The number of likely N-dealkylation sites (tertiary alicyclic amines) is 1. The third kappa shape index (κ3) is 6.13. The van der Waals surface area contributed by atoms with Gasteiger partial charge in [-0.05, 0) is 62.7 Å². The van der Waals surface area contributed by atoms with Crippen LogP contribution in [-0.4, -0.2) is 48.0 Å². The van der Waals surface area contributed by atoms with Gasteiger partial charge in [-0.25, -0.2) is 0 Å². The molecule has 8 heteroatoms. The first-order valence-electron chi connectivity index (χ1n) is 11.5.